The fourth-order valence-corrected chi connectivity index (χ4v) is 5.23. The molecule has 1 N–H and O–H groups in total. The number of nitrogens with zero attached hydrogens (tertiary/aromatic N) is 3. The number of hydrogen-bond donors (Lipinski definition) is 1. The van der Waals surface area contributed by atoms with E-state index in [-0.39, 0.29) is 18.3 Å². The third-order valence-electron chi connectivity index (χ3n) is 6.34. The van der Waals surface area contributed by atoms with Gasteiger partial charge in [-0.15, -0.1) is 10.2 Å². The maximum absolute atomic E-state index is 13.3. The molecule has 0 aliphatic heterocycles. The topological polar surface area (TPSA) is 59.8 Å². The normalized spacial score (nSPS) is 11.1. The highest BCUT2D eigenvalue weighted by atomic mass is 35.5. The number of amides is 1. The maximum atomic E-state index is 13.3. The molecule has 1 amide bonds. The minimum atomic E-state index is -0.267. The third-order valence-corrected chi connectivity index (χ3v) is 7.57. The van der Waals surface area contributed by atoms with Crippen LogP contribution < -0.4 is 5.32 Å². The minimum absolute atomic E-state index is 0.166. The molecule has 0 bridgehead atoms. The van der Waals surface area contributed by atoms with Gasteiger partial charge in [-0.2, -0.15) is 0 Å². The summed E-state index contributed by atoms with van der Waals surface area (Å²) in [5.74, 6) is 0.754. The summed E-state index contributed by atoms with van der Waals surface area (Å²) < 4.78 is 15.2. The quantitative estimate of drug-likeness (QED) is 0.145. The van der Waals surface area contributed by atoms with Gasteiger partial charge in [0.1, 0.15) is 5.82 Å². The minimum Gasteiger partial charge on any atom is -0.345 e. The molecular formula is C30H32ClFN4OS. The molecule has 38 heavy (non-hydrogen) atoms. The molecule has 3 aromatic carbocycles. The van der Waals surface area contributed by atoms with E-state index in [0.29, 0.717) is 27.3 Å². The molecule has 5 nitrogen and oxygen atoms in total. The molecule has 0 fully saturated rings. The first-order valence-electron chi connectivity index (χ1n) is 12.9. The molecule has 198 valence electrons. The lowest BCUT2D eigenvalue weighted by atomic mass is 10.0. The lowest BCUT2D eigenvalue weighted by Gasteiger charge is -2.14. The highest BCUT2D eigenvalue weighted by molar-refractivity contribution is 7.98. The van der Waals surface area contributed by atoms with Gasteiger partial charge in [0.2, 0.25) is 0 Å². The van der Waals surface area contributed by atoms with Crippen LogP contribution in [0.15, 0.2) is 71.9 Å². The summed E-state index contributed by atoms with van der Waals surface area (Å²) in [6.07, 6.45) is 5.90. The van der Waals surface area contributed by atoms with Crippen molar-refractivity contribution in [3.63, 3.8) is 0 Å². The van der Waals surface area contributed by atoms with Gasteiger partial charge in [-0.3, -0.25) is 9.36 Å². The van der Waals surface area contributed by atoms with Crippen LogP contribution in [0.25, 0.3) is 5.69 Å². The number of aryl methyl sites for hydroxylation is 2. The Morgan fingerprint density at radius 1 is 0.974 bits per heavy atom. The average molecular weight is 551 g/mol. The van der Waals surface area contributed by atoms with Crippen molar-refractivity contribution in [2.45, 2.75) is 63.4 Å². The van der Waals surface area contributed by atoms with E-state index in [1.54, 1.807) is 12.1 Å². The van der Waals surface area contributed by atoms with Crippen LogP contribution in [0.4, 0.5) is 4.39 Å². The third kappa shape index (κ3) is 7.45. The predicted molar refractivity (Wildman–Crippen MR) is 153 cm³/mol. The van der Waals surface area contributed by atoms with Gasteiger partial charge in [0.25, 0.3) is 5.91 Å². The van der Waals surface area contributed by atoms with E-state index in [4.69, 9.17) is 11.6 Å². The molecule has 0 radical (unpaired) electrons. The van der Waals surface area contributed by atoms with Gasteiger partial charge in [0, 0.05) is 16.3 Å². The maximum Gasteiger partial charge on any atom is 0.251 e. The van der Waals surface area contributed by atoms with E-state index < -0.39 is 0 Å². The molecule has 8 heteroatoms. The van der Waals surface area contributed by atoms with E-state index in [2.05, 4.69) is 22.4 Å². The Balaban J connectivity index is 1.48. The highest BCUT2D eigenvalue weighted by Crippen LogP contribution is 2.28. The SMILES string of the molecule is CCCCCCc1ccc(C(=O)NCc2nnc(SCc3ccc(F)cc3)n2-c2cc(Cl)ccc2C)cc1. The van der Waals surface area contributed by atoms with Gasteiger partial charge in [-0.05, 0) is 72.9 Å². The second kappa shape index (κ2) is 13.6. The summed E-state index contributed by atoms with van der Waals surface area (Å²) in [7, 11) is 0. The van der Waals surface area contributed by atoms with Gasteiger partial charge in [0.05, 0.1) is 12.2 Å². The van der Waals surface area contributed by atoms with Crippen molar-refractivity contribution in [3.8, 4) is 5.69 Å². The lowest BCUT2D eigenvalue weighted by molar-refractivity contribution is 0.0949. The van der Waals surface area contributed by atoms with E-state index in [1.165, 1.54) is 55.1 Å². The summed E-state index contributed by atoms with van der Waals surface area (Å²) in [6, 6.07) is 19.9. The Labute approximate surface area is 232 Å². The molecule has 0 saturated heterocycles. The van der Waals surface area contributed by atoms with Crippen LogP contribution in [0.2, 0.25) is 5.02 Å². The largest absolute Gasteiger partial charge is 0.345 e. The Bertz CT molecular complexity index is 1360. The van der Waals surface area contributed by atoms with Crippen molar-refractivity contribution < 1.29 is 9.18 Å². The van der Waals surface area contributed by atoms with Crippen LogP contribution in [0.1, 0.15) is 65.5 Å². The predicted octanol–water partition coefficient (Wildman–Crippen LogP) is 7.71. The Hall–Kier alpha value is -3.16. The molecule has 0 atom stereocenters. The number of rotatable bonds is 12. The molecule has 1 aromatic heterocycles. The van der Waals surface area contributed by atoms with Crippen LogP contribution >= 0.6 is 23.4 Å². The molecule has 0 unspecified atom stereocenters. The molecule has 0 aliphatic rings. The zero-order valence-corrected chi connectivity index (χ0v) is 23.3. The van der Waals surface area contributed by atoms with E-state index in [0.717, 1.165) is 23.2 Å². The van der Waals surface area contributed by atoms with Crippen molar-refractivity contribution in [3.05, 3.63) is 106 Å². The van der Waals surface area contributed by atoms with Gasteiger partial charge in [-0.1, -0.05) is 79.9 Å². The zero-order valence-electron chi connectivity index (χ0n) is 21.7. The van der Waals surface area contributed by atoms with Gasteiger partial charge in [-0.25, -0.2) is 4.39 Å². The van der Waals surface area contributed by atoms with E-state index in [9.17, 15) is 9.18 Å². The Morgan fingerprint density at radius 2 is 1.71 bits per heavy atom. The summed E-state index contributed by atoms with van der Waals surface area (Å²) in [5.41, 5.74) is 4.67. The molecule has 4 aromatic rings. The highest BCUT2D eigenvalue weighted by Gasteiger charge is 2.18. The first-order chi connectivity index (χ1) is 18.4. The van der Waals surface area contributed by atoms with Crippen LogP contribution in [0.5, 0.6) is 0 Å². The summed E-state index contributed by atoms with van der Waals surface area (Å²) in [6.45, 7) is 4.40. The van der Waals surface area contributed by atoms with Crippen LogP contribution in [0.3, 0.4) is 0 Å². The van der Waals surface area contributed by atoms with Crippen molar-refractivity contribution in [2.75, 3.05) is 0 Å². The van der Waals surface area contributed by atoms with Gasteiger partial charge >= 0.3 is 0 Å². The monoisotopic (exact) mass is 550 g/mol. The lowest BCUT2D eigenvalue weighted by Crippen LogP contribution is -2.24. The second-order valence-electron chi connectivity index (χ2n) is 9.27. The molecule has 0 spiro atoms. The zero-order chi connectivity index (χ0) is 26.9. The second-order valence-corrected chi connectivity index (χ2v) is 10.6. The fraction of sp³-hybridized carbons (Fsp3) is 0.300. The number of thioether (sulfide) groups is 1. The number of halogens is 2. The Morgan fingerprint density at radius 3 is 2.45 bits per heavy atom. The number of nitrogens with one attached hydrogen (secondary N) is 1. The summed E-state index contributed by atoms with van der Waals surface area (Å²) in [4.78, 5) is 12.9. The van der Waals surface area contributed by atoms with Crippen LogP contribution in [-0.2, 0) is 18.7 Å². The van der Waals surface area contributed by atoms with E-state index in [1.807, 2.05) is 54.0 Å². The smallest absolute Gasteiger partial charge is 0.251 e. The number of benzene rings is 3. The van der Waals surface area contributed by atoms with Crippen molar-refractivity contribution in [2.24, 2.45) is 0 Å². The summed E-state index contributed by atoms with van der Waals surface area (Å²) >= 11 is 7.82. The van der Waals surface area contributed by atoms with E-state index >= 15 is 0 Å². The molecule has 1 heterocycles. The van der Waals surface area contributed by atoms with Crippen LogP contribution in [0, 0.1) is 12.7 Å². The van der Waals surface area contributed by atoms with Gasteiger partial charge < -0.3 is 5.32 Å². The van der Waals surface area contributed by atoms with Crippen LogP contribution in [-0.4, -0.2) is 20.7 Å². The van der Waals surface area contributed by atoms with Crippen molar-refractivity contribution in [1.82, 2.24) is 20.1 Å². The molecular weight excluding hydrogens is 519 g/mol. The molecule has 4 rings (SSSR count). The first-order valence-corrected chi connectivity index (χ1v) is 14.3. The number of aromatic nitrogens is 3. The number of hydrogen-bond acceptors (Lipinski definition) is 4. The van der Waals surface area contributed by atoms with Crippen molar-refractivity contribution in [1.29, 1.82) is 0 Å². The average Bonchev–Trinajstić information content (AvgIpc) is 3.33. The summed E-state index contributed by atoms with van der Waals surface area (Å²) in [5, 5.41) is 13.0. The number of unbranched alkanes of at least 4 members (excludes halogenated alkanes) is 3. The Kier molecular flexibility index (Phi) is 9.96. The fourth-order valence-electron chi connectivity index (χ4n) is 4.14. The van der Waals surface area contributed by atoms with Crippen molar-refractivity contribution >= 4 is 29.3 Å². The number of carbonyl (C=O) groups is 1. The molecule has 0 aliphatic carbocycles. The first kappa shape index (κ1) is 27.9. The van der Waals surface area contributed by atoms with Gasteiger partial charge in [0.15, 0.2) is 11.0 Å². The standard InChI is InChI=1S/C30H32ClFN4OS/c1-3-4-5-6-7-22-9-13-24(14-10-22)29(37)33-19-28-34-35-30(38-20-23-11-16-26(32)17-12-23)36(28)27-18-25(31)15-8-21(27)2/h8-18H,3-7,19-20H2,1-2H3,(H,33,37). The number of carbonyl (C=O) groups excluding carboxylic acids is 1. The molecule has 0 saturated carbocycles.